The van der Waals surface area contributed by atoms with Crippen molar-refractivity contribution in [3.63, 3.8) is 0 Å². The van der Waals surface area contributed by atoms with Gasteiger partial charge < -0.3 is 4.89 Å². The number of hydrogen-bond acceptors (Lipinski definition) is 3. The van der Waals surface area contributed by atoms with Gasteiger partial charge >= 0.3 is 8.25 Å². The van der Waals surface area contributed by atoms with Gasteiger partial charge in [-0.05, 0) is 17.6 Å². The maximum absolute atomic E-state index is 9.52. The third-order valence-corrected chi connectivity index (χ3v) is 0.577. The summed E-state index contributed by atoms with van der Waals surface area (Å²) in [5.74, 6) is 0. The molecule has 0 bridgehead atoms. The van der Waals surface area contributed by atoms with E-state index in [1.807, 2.05) is 0 Å². The maximum atomic E-state index is 9.52. The second kappa shape index (κ2) is 3.78. The van der Waals surface area contributed by atoms with Crippen LogP contribution in [0.1, 0.15) is 6.92 Å². The van der Waals surface area contributed by atoms with E-state index < -0.39 is 8.25 Å². The Morgan fingerprint density at radius 2 is 2.43 bits per heavy atom. The Hall–Kier alpha value is -0.400. The van der Waals surface area contributed by atoms with E-state index in [-0.39, 0.29) is 0 Å². The molecule has 1 atom stereocenters. The Labute approximate surface area is 42.6 Å². The Kier molecular flexibility index (Phi) is 3.56. The molecule has 0 radical (unpaired) electrons. The van der Waals surface area contributed by atoms with E-state index in [0.717, 1.165) is 6.26 Å². The van der Waals surface area contributed by atoms with E-state index in [9.17, 15) is 9.46 Å². The highest BCUT2D eigenvalue weighted by molar-refractivity contribution is 7.30. The molecule has 0 aliphatic heterocycles. The van der Waals surface area contributed by atoms with Gasteiger partial charge in [0.1, 0.15) is 6.26 Å². The molecule has 0 heterocycles. The normalized spacial score (nSPS) is 12.0. The van der Waals surface area contributed by atoms with Crippen LogP contribution in [0.3, 0.4) is 0 Å². The predicted octanol–water partition coefficient (Wildman–Crippen LogP) is 0.554. The van der Waals surface area contributed by atoms with Gasteiger partial charge in [-0.3, -0.25) is 4.52 Å². The minimum absolute atomic E-state index is 1.10. The fraction of sp³-hybridized carbons (Fsp3) is 0.333. The molecular formula is C3H5O3P. The lowest BCUT2D eigenvalue weighted by Gasteiger charge is -1.77. The second-order valence-electron chi connectivity index (χ2n) is 0.798. The van der Waals surface area contributed by atoms with Crippen LogP contribution >= 0.6 is 8.25 Å². The SMILES string of the molecule is CC=CO[P+](=O)[O-]. The summed E-state index contributed by atoms with van der Waals surface area (Å²) in [6.45, 7) is 1.67. The lowest BCUT2D eigenvalue weighted by Crippen LogP contribution is -1.83. The highest BCUT2D eigenvalue weighted by atomic mass is 31.1. The Balaban J connectivity index is 3.14. The molecule has 1 unspecified atom stereocenters. The van der Waals surface area contributed by atoms with E-state index in [1.165, 1.54) is 6.08 Å². The van der Waals surface area contributed by atoms with Crippen molar-refractivity contribution in [2.45, 2.75) is 6.92 Å². The summed E-state index contributed by atoms with van der Waals surface area (Å²) in [6, 6.07) is 0. The number of hydrogen-bond donors (Lipinski definition) is 0. The van der Waals surface area contributed by atoms with Gasteiger partial charge in [-0.25, -0.2) is 0 Å². The van der Waals surface area contributed by atoms with Crippen LogP contribution in [0.2, 0.25) is 0 Å². The summed E-state index contributed by atoms with van der Waals surface area (Å²) in [4.78, 5) is 9.52. The minimum Gasteiger partial charge on any atom is -0.558 e. The van der Waals surface area contributed by atoms with Gasteiger partial charge in [0.25, 0.3) is 0 Å². The third-order valence-electron chi connectivity index (χ3n) is 0.283. The molecule has 7 heavy (non-hydrogen) atoms. The van der Waals surface area contributed by atoms with Gasteiger partial charge in [0.05, 0.1) is 0 Å². The van der Waals surface area contributed by atoms with Crippen LogP contribution in [0, 0.1) is 0 Å². The summed E-state index contributed by atoms with van der Waals surface area (Å²) in [6.07, 6.45) is 2.59. The molecule has 0 aromatic carbocycles. The molecule has 0 spiro atoms. The van der Waals surface area contributed by atoms with Crippen LogP contribution in [0.15, 0.2) is 12.3 Å². The van der Waals surface area contributed by atoms with Crippen molar-refractivity contribution < 1.29 is 14.0 Å². The molecule has 0 saturated heterocycles. The van der Waals surface area contributed by atoms with E-state index >= 15 is 0 Å². The number of allylic oxidation sites excluding steroid dienone is 1. The van der Waals surface area contributed by atoms with Crippen molar-refractivity contribution >= 4 is 8.25 Å². The molecule has 0 fully saturated rings. The van der Waals surface area contributed by atoms with Crippen LogP contribution in [-0.2, 0) is 9.09 Å². The van der Waals surface area contributed by atoms with E-state index in [4.69, 9.17) is 0 Å². The van der Waals surface area contributed by atoms with Crippen molar-refractivity contribution in [1.29, 1.82) is 0 Å². The summed E-state index contributed by atoms with van der Waals surface area (Å²) in [5.41, 5.74) is 0. The average Bonchev–Trinajstić information content (AvgIpc) is 1.61. The fourth-order valence-electron chi connectivity index (χ4n) is 0.111. The lowest BCUT2D eigenvalue weighted by atomic mass is 10.8. The molecule has 0 saturated carbocycles. The standard InChI is InChI=1S/C3H5O3P/c1-2-3-6-7(4)5/h2-3H,1H3. The first kappa shape index (κ1) is 6.60. The van der Waals surface area contributed by atoms with Gasteiger partial charge in [0, 0.05) is 0 Å². The Morgan fingerprint density at radius 1 is 1.86 bits per heavy atom. The highest BCUT2D eigenvalue weighted by Gasteiger charge is 1.90. The average molecular weight is 120 g/mol. The smallest absolute Gasteiger partial charge is 0.538 e. The largest absolute Gasteiger partial charge is 0.558 e. The van der Waals surface area contributed by atoms with Crippen LogP contribution < -0.4 is 4.89 Å². The first-order valence-corrected chi connectivity index (χ1v) is 2.79. The van der Waals surface area contributed by atoms with Crippen molar-refractivity contribution in [3.05, 3.63) is 12.3 Å². The Bertz CT molecular complexity index is 88.2. The highest BCUT2D eigenvalue weighted by Crippen LogP contribution is 2.07. The van der Waals surface area contributed by atoms with Crippen molar-refractivity contribution in [3.8, 4) is 0 Å². The zero-order valence-electron chi connectivity index (χ0n) is 3.83. The third kappa shape index (κ3) is 5.60. The van der Waals surface area contributed by atoms with Gasteiger partial charge in [0.2, 0.25) is 0 Å². The van der Waals surface area contributed by atoms with Gasteiger partial charge in [-0.1, -0.05) is 0 Å². The van der Waals surface area contributed by atoms with Crippen LogP contribution in [0.4, 0.5) is 0 Å². The molecule has 0 rings (SSSR count). The molecule has 0 aromatic heterocycles. The molecule has 0 amide bonds. The van der Waals surface area contributed by atoms with Gasteiger partial charge in [-0.2, -0.15) is 0 Å². The molecule has 3 nitrogen and oxygen atoms in total. The van der Waals surface area contributed by atoms with Crippen molar-refractivity contribution in [2.24, 2.45) is 0 Å². The Morgan fingerprint density at radius 3 is 2.57 bits per heavy atom. The molecule has 0 aliphatic carbocycles. The molecule has 4 heteroatoms. The first-order valence-electron chi connectivity index (χ1n) is 1.69. The van der Waals surface area contributed by atoms with Gasteiger partial charge in [-0.15, -0.1) is 0 Å². The second-order valence-corrected chi connectivity index (χ2v) is 1.46. The van der Waals surface area contributed by atoms with Crippen LogP contribution in [-0.4, -0.2) is 0 Å². The zero-order chi connectivity index (χ0) is 5.70. The first-order chi connectivity index (χ1) is 3.27. The van der Waals surface area contributed by atoms with E-state index in [2.05, 4.69) is 4.52 Å². The molecule has 40 valence electrons. The quantitative estimate of drug-likeness (QED) is 0.395. The summed E-state index contributed by atoms with van der Waals surface area (Å²) in [7, 11) is -2.69. The molecule has 0 N–H and O–H groups in total. The number of rotatable bonds is 2. The molecule has 0 aliphatic rings. The minimum atomic E-state index is -2.69. The van der Waals surface area contributed by atoms with Gasteiger partial charge in [0.15, 0.2) is 0 Å². The molecule has 0 aromatic rings. The monoisotopic (exact) mass is 120 g/mol. The summed E-state index contributed by atoms with van der Waals surface area (Å²) in [5, 5.41) is 0. The van der Waals surface area contributed by atoms with E-state index in [0.29, 0.717) is 0 Å². The fourth-order valence-corrected chi connectivity index (χ4v) is 0.332. The lowest BCUT2D eigenvalue weighted by molar-refractivity contribution is -0.181. The van der Waals surface area contributed by atoms with Crippen molar-refractivity contribution in [2.75, 3.05) is 0 Å². The van der Waals surface area contributed by atoms with Crippen LogP contribution in [0.25, 0.3) is 0 Å². The molecular weight excluding hydrogens is 115 g/mol. The van der Waals surface area contributed by atoms with Crippen LogP contribution in [0.5, 0.6) is 0 Å². The predicted molar refractivity (Wildman–Crippen MR) is 23.5 cm³/mol. The van der Waals surface area contributed by atoms with E-state index in [1.54, 1.807) is 6.92 Å². The van der Waals surface area contributed by atoms with Crippen molar-refractivity contribution in [1.82, 2.24) is 0 Å². The maximum Gasteiger partial charge on any atom is 0.538 e. The summed E-state index contributed by atoms with van der Waals surface area (Å²) >= 11 is 0. The zero-order valence-corrected chi connectivity index (χ0v) is 4.72. The summed E-state index contributed by atoms with van der Waals surface area (Å²) < 4.78 is 13.5. The topological polar surface area (TPSA) is 49.4 Å².